The van der Waals surface area contributed by atoms with Crippen molar-refractivity contribution in [3.05, 3.63) is 29.3 Å². The van der Waals surface area contributed by atoms with Gasteiger partial charge in [-0.25, -0.2) is 4.98 Å². The number of rotatable bonds is 6. The summed E-state index contributed by atoms with van der Waals surface area (Å²) < 4.78 is 1.31. The second kappa shape index (κ2) is 6.12. The molecule has 2 rings (SSSR count). The first-order valence-electron chi connectivity index (χ1n) is 6.38. The molecule has 1 N–H and O–H groups in total. The van der Waals surface area contributed by atoms with Crippen molar-refractivity contribution < 1.29 is 0 Å². The second-order valence-electron chi connectivity index (χ2n) is 4.36. The van der Waals surface area contributed by atoms with Crippen LogP contribution in [-0.2, 0) is 6.42 Å². The molecule has 1 unspecified atom stereocenters. The smallest absolute Gasteiger partial charge is 0.0941 e. The number of nitrogens with one attached hydrogen (secondary N) is 1. The van der Waals surface area contributed by atoms with Crippen molar-refractivity contribution in [2.45, 2.75) is 26.7 Å². The molecular weight excluding hydrogens is 228 g/mol. The number of thiazole rings is 1. The second-order valence-corrected chi connectivity index (χ2v) is 5.48. The van der Waals surface area contributed by atoms with Crippen molar-refractivity contribution in [2.75, 3.05) is 13.1 Å². The van der Waals surface area contributed by atoms with Crippen molar-refractivity contribution in [3.8, 4) is 0 Å². The summed E-state index contributed by atoms with van der Waals surface area (Å²) in [4.78, 5) is 4.70. The average molecular weight is 248 g/mol. The van der Waals surface area contributed by atoms with Gasteiger partial charge in [0.1, 0.15) is 0 Å². The quantitative estimate of drug-likeness (QED) is 0.846. The fourth-order valence-electron chi connectivity index (χ4n) is 1.96. The number of para-hydroxylation sites is 1. The van der Waals surface area contributed by atoms with Gasteiger partial charge in [-0.2, -0.15) is 0 Å². The highest BCUT2D eigenvalue weighted by Gasteiger charge is 2.10. The van der Waals surface area contributed by atoms with E-state index in [1.54, 1.807) is 0 Å². The van der Waals surface area contributed by atoms with Gasteiger partial charge in [-0.3, -0.25) is 0 Å². The topological polar surface area (TPSA) is 24.9 Å². The molecule has 1 heterocycles. The summed E-state index contributed by atoms with van der Waals surface area (Å²) in [5, 5.41) is 4.70. The van der Waals surface area contributed by atoms with E-state index >= 15 is 0 Å². The average Bonchev–Trinajstić information content (AvgIpc) is 2.76. The van der Waals surface area contributed by atoms with Crippen molar-refractivity contribution in [2.24, 2.45) is 5.92 Å². The highest BCUT2D eigenvalue weighted by atomic mass is 32.1. The molecule has 92 valence electrons. The summed E-state index contributed by atoms with van der Waals surface area (Å²) >= 11 is 1.84. The molecule has 1 atom stereocenters. The summed E-state index contributed by atoms with van der Waals surface area (Å²) in [6, 6.07) is 8.39. The maximum Gasteiger partial charge on any atom is 0.0941 e. The summed E-state index contributed by atoms with van der Waals surface area (Å²) in [7, 11) is 0. The number of fused-ring (bicyclic) bond motifs is 1. The van der Waals surface area contributed by atoms with E-state index in [1.807, 2.05) is 11.3 Å². The molecule has 0 spiro atoms. The first-order chi connectivity index (χ1) is 8.33. The van der Waals surface area contributed by atoms with Gasteiger partial charge in [0.2, 0.25) is 0 Å². The number of aromatic nitrogens is 1. The summed E-state index contributed by atoms with van der Waals surface area (Å²) in [5.74, 6) is 0.704. The Morgan fingerprint density at radius 1 is 1.29 bits per heavy atom. The van der Waals surface area contributed by atoms with Crippen molar-refractivity contribution in [1.82, 2.24) is 10.3 Å². The van der Waals surface area contributed by atoms with E-state index in [-0.39, 0.29) is 0 Å². The zero-order valence-corrected chi connectivity index (χ0v) is 11.4. The molecule has 0 saturated heterocycles. The molecule has 0 saturated carbocycles. The molecular formula is C14H20N2S. The Morgan fingerprint density at radius 3 is 2.82 bits per heavy atom. The molecule has 0 aliphatic rings. The summed E-state index contributed by atoms with van der Waals surface area (Å²) in [6.07, 6.45) is 2.31. The van der Waals surface area contributed by atoms with E-state index < -0.39 is 0 Å². The minimum absolute atomic E-state index is 0.704. The molecule has 0 aliphatic carbocycles. The molecule has 0 amide bonds. The molecule has 0 bridgehead atoms. The van der Waals surface area contributed by atoms with Crippen molar-refractivity contribution in [3.63, 3.8) is 0 Å². The Morgan fingerprint density at radius 2 is 2.12 bits per heavy atom. The number of benzene rings is 1. The lowest BCUT2D eigenvalue weighted by atomic mass is 10.0. The van der Waals surface area contributed by atoms with E-state index in [9.17, 15) is 0 Å². The third kappa shape index (κ3) is 3.27. The van der Waals surface area contributed by atoms with Crippen LogP contribution in [0.4, 0.5) is 0 Å². The van der Waals surface area contributed by atoms with Gasteiger partial charge < -0.3 is 5.32 Å². The largest absolute Gasteiger partial charge is 0.317 e. The third-order valence-electron chi connectivity index (χ3n) is 3.06. The molecule has 1 aromatic heterocycles. The highest BCUT2D eigenvalue weighted by molar-refractivity contribution is 7.18. The van der Waals surface area contributed by atoms with Crippen LogP contribution in [0.5, 0.6) is 0 Å². The summed E-state index contributed by atoms with van der Waals surface area (Å²) in [5.41, 5.74) is 1.14. The van der Waals surface area contributed by atoms with Gasteiger partial charge in [-0.15, -0.1) is 11.3 Å². The number of nitrogens with zero attached hydrogens (tertiary/aromatic N) is 1. The molecule has 17 heavy (non-hydrogen) atoms. The minimum Gasteiger partial charge on any atom is -0.317 e. The molecule has 0 fully saturated rings. The van der Waals surface area contributed by atoms with Gasteiger partial charge in [-0.05, 0) is 31.1 Å². The Hall–Kier alpha value is -0.930. The van der Waals surface area contributed by atoms with Crippen LogP contribution < -0.4 is 5.32 Å². The predicted octanol–water partition coefficient (Wildman–Crippen LogP) is 3.47. The maximum atomic E-state index is 4.70. The van der Waals surface area contributed by atoms with Gasteiger partial charge in [0.15, 0.2) is 0 Å². The number of hydrogen-bond acceptors (Lipinski definition) is 3. The number of hydrogen-bond donors (Lipinski definition) is 1. The van der Waals surface area contributed by atoms with Gasteiger partial charge in [0, 0.05) is 6.42 Å². The molecule has 2 nitrogen and oxygen atoms in total. The zero-order valence-electron chi connectivity index (χ0n) is 10.6. The zero-order chi connectivity index (χ0) is 12.1. The molecule has 2 aromatic rings. The highest BCUT2D eigenvalue weighted by Crippen LogP contribution is 2.24. The van der Waals surface area contributed by atoms with Crippen molar-refractivity contribution in [1.29, 1.82) is 0 Å². The third-order valence-corrected chi connectivity index (χ3v) is 4.12. The lowest BCUT2D eigenvalue weighted by Gasteiger charge is -2.12. The molecule has 3 heteroatoms. The fourth-order valence-corrected chi connectivity index (χ4v) is 3.05. The Bertz CT molecular complexity index is 431. The Kier molecular flexibility index (Phi) is 4.51. The SMILES string of the molecule is CCNCC(CC)Cc1nc2ccccc2s1. The first kappa shape index (κ1) is 12.5. The van der Waals surface area contributed by atoms with Crippen LogP contribution in [0.1, 0.15) is 25.3 Å². The lowest BCUT2D eigenvalue weighted by Crippen LogP contribution is -2.23. The minimum atomic E-state index is 0.704. The maximum absolute atomic E-state index is 4.70. The summed E-state index contributed by atoms with van der Waals surface area (Å²) in [6.45, 7) is 6.57. The lowest BCUT2D eigenvalue weighted by molar-refractivity contribution is 0.467. The Labute approximate surface area is 107 Å². The van der Waals surface area contributed by atoms with Crippen LogP contribution in [0.15, 0.2) is 24.3 Å². The Balaban J connectivity index is 2.06. The van der Waals surface area contributed by atoms with E-state index in [4.69, 9.17) is 4.98 Å². The van der Waals surface area contributed by atoms with E-state index in [0.717, 1.165) is 25.0 Å². The van der Waals surface area contributed by atoms with E-state index in [2.05, 4.69) is 43.4 Å². The first-order valence-corrected chi connectivity index (χ1v) is 7.20. The van der Waals surface area contributed by atoms with Gasteiger partial charge in [0.25, 0.3) is 0 Å². The van der Waals surface area contributed by atoms with Gasteiger partial charge >= 0.3 is 0 Å². The van der Waals surface area contributed by atoms with Crippen molar-refractivity contribution >= 4 is 21.6 Å². The van der Waals surface area contributed by atoms with E-state index in [1.165, 1.54) is 16.1 Å². The van der Waals surface area contributed by atoms with Crippen LogP contribution in [0, 0.1) is 5.92 Å². The molecule has 0 aliphatic heterocycles. The fraction of sp³-hybridized carbons (Fsp3) is 0.500. The molecule has 1 aromatic carbocycles. The van der Waals surface area contributed by atoms with Crippen LogP contribution >= 0.6 is 11.3 Å². The van der Waals surface area contributed by atoms with Gasteiger partial charge in [0.05, 0.1) is 15.2 Å². The van der Waals surface area contributed by atoms with Crippen LogP contribution in [0.3, 0.4) is 0 Å². The normalized spacial score (nSPS) is 13.1. The van der Waals surface area contributed by atoms with Crippen LogP contribution in [0.2, 0.25) is 0 Å². The van der Waals surface area contributed by atoms with E-state index in [0.29, 0.717) is 5.92 Å². The van der Waals surface area contributed by atoms with Gasteiger partial charge in [-0.1, -0.05) is 32.4 Å². The van der Waals surface area contributed by atoms with Crippen LogP contribution in [0.25, 0.3) is 10.2 Å². The molecule has 0 radical (unpaired) electrons. The monoisotopic (exact) mass is 248 g/mol. The standard InChI is InChI=1S/C14H20N2S/c1-3-11(10-15-4-2)9-14-16-12-7-5-6-8-13(12)17-14/h5-8,11,15H,3-4,9-10H2,1-2H3. The predicted molar refractivity (Wildman–Crippen MR) is 75.6 cm³/mol. The van der Waals surface area contributed by atoms with Crippen LogP contribution in [-0.4, -0.2) is 18.1 Å².